The van der Waals surface area contributed by atoms with Gasteiger partial charge in [0, 0.05) is 25.5 Å². The molecule has 0 unspecified atom stereocenters. The fraction of sp³-hybridized carbons (Fsp3) is 0.438. The van der Waals surface area contributed by atoms with Gasteiger partial charge >= 0.3 is 6.55 Å². The molecule has 128 valence electrons. The van der Waals surface area contributed by atoms with E-state index >= 15 is 0 Å². The molecule has 1 saturated heterocycles. The van der Waals surface area contributed by atoms with Crippen molar-refractivity contribution in [1.82, 2.24) is 19.7 Å². The second-order valence-electron chi connectivity index (χ2n) is 5.60. The smallest absolute Gasteiger partial charge is 0.333 e. The Balaban J connectivity index is 1.77. The Morgan fingerprint density at radius 2 is 2.29 bits per heavy atom. The molecule has 1 atom stereocenters. The van der Waals surface area contributed by atoms with Gasteiger partial charge in [-0.3, -0.25) is 9.78 Å². The first-order valence-corrected chi connectivity index (χ1v) is 7.77. The van der Waals surface area contributed by atoms with Gasteiger partial charge in [0.15, 0.2) is 5.69 Å². The summed E-state index contributed by atoms with van der Waals surface area (Å²) in [5.74, 6) is -0.407. The van der Waals surface area contributed by atoms with Crippen LogP contribution in [0.5, 0.6) is 0 Å². The highest BCUT2D eigenvalue weighted by Gasteiger charge is 2.25. The SMILES string of the molecule is O=C(c1ccn(C(F)F)n1)N(Cc1ccccn1)C[C@H]1CCCO1. The van der Waals surface area contributed by atoms with Crippen molar-refractivity contribution in [2.75, 3.05) is 13.2 Å². The first-order valence-electron chi connectivity index (χ1n) is 7.77. The Labute approximate surface area is 138 Å². The Morgan fingerprint density at radius 3 is 2.92 bits per heavy atom. The number of alkyl halides is 2. The number of carbonyl (C=O) groups is 1. The van der Waals surface area contributed by atoms with Crippen molar-refractivity contribution in [3.05, 3.63) is 48.0 Å². The third-order valence-corrected chi connectivity index (χ3v) is 3.84. The van der Waals surface area contributed by atoms with Gasteiger partial charge in [-0.15, -0.1) is 0 Å². The molecule has 1 aliphatic rings. The van der Waals surface area contributed by atoms with Crippen LogP contribution < -0.4 is 0 Å². The van der Waals surface area contributed by atoms with Crippen LogP contribution >= 0.6 is 0 Å². The number of aromatic nitrogens is 3. The van der Waals surface area contributed by atoms with Crippen molar-refractivity contribution in [3.8, 4) is 0 Å². The van der Waals surface area contributed by atoms with E-state index < -0.39 is 12.5 Å². The van der Waals surface area contributed by atoms with Crippen molar-refractivity contribution < 1.29 is 18.3 Å². The van der Waals surface area contributed by atoms with E-state index in [0.717, 1.165) is 24.7 Å². The molecule has 3 rings (SSSR count). The van der Waals surface area contributed by atoms with Gasteiger partial charge in [0.25, 0.3) is 5.91 Å². The van der Waals surface area contributed by atoms with Gasteiger partial charge in [-0.2, -0.15) is 13.9 Å². The minimum absolute atomic E-state index is 0.00997. The van der Waals surface area contributed by atoms with Crippen molar-refractivity contribution in [2.45, 2.75) is 32.0 Å². The average molecular weight is 336 g/mol. The number of amides is 1. The van der Waals surface area contributed by atoms with E-state index in [0.29, 0.717) is 17.8 Å². The number of pyridine rings is 1. The standard InChI is InChI=1S/C16H18F2N4O2/c17-16(18)22-8-6-14(20-22)15(23)21(11-13-5-3-9-24-13)10-12-4-1-2-7-19-12/h1-2,4,6-8,13,16H,3,5,9-11H2/t13-/m1/s1. The van der Waals surface area contributed by atoms with Crippen LogP contribution in [-0.4, -0.2) is 44.8 Å². The largest absolute Gasteiger partial charge is 0.376 e. The van der Waals surface area contributed by atoms with Gasteiger partial charge in [0.2, 0.25) is 0 Å². The summed E-state index contributed by atoms with van der Waals surface area (Å²) in [6, 6.07) is 6.74. The lowest BCUT2D eigenvalue weighted by atomic mass is 10.2. The predicted molar refractivity (Wildman–Crippen MR) is 81.4 cm³/mol. The van der Waals surface area contributed by atoms with Gasteiger partial charge in [-0.05, 0) is 31.0 Å². The van der Waals surface area contributed by atoms with Gasteiger partial charge in [-0.25, -0.2) is 4.68 Å². The molecule has 3 heterocycles. The predicted octanol–water partition coefficient (Wildman–Crippen LogP) is 2.49. The van der Waals surface area contributed by atoms with Crippen LogP contribution in [0.4, 0.5) is 8.78 Å². The number of ether oxygens (including phenoxy) is 1. The lowest BCUT2D eigenvalue weighted by Crippen LogP contribution is -2.37. The minimum Gasteiger partial charge on any atom is -0.376 e. The van der Waals surface area contributed by atoms with Crippen LogP contribution in [0.25, 0.3) is 0 Å². The fourth-order valence-corrected chi connectivity index (χ4v) is 2.66. The van der Waals surface area contributed by atoms with E-state index in [1.165, 1.54) is 6.07 Å². The van der Waals surface area contributed by atoms with Gasteiger partial charge in [0.1, 0.15) is 0 Å². The van der Waals surface area contributed by atoms with Crippen LogP contribution in [-0.2, 0) is 11.3 Å². The fourth-order valence-electron chi connectivity index (χ4n) is 2.66. The first kappa shape index (κ1) is 16.5. The Bertz CT molecular complexity index is 672. The average Bonchev–Trinajstić information content (AvgIpc) is 3.26. The summed E-state index contributed by atoms with van der Waals surface area (Å²) < 4.78 is 31.4. The molecule has 0 saturated carbocycles. The number of carbonyl (C=O) groups excluding carboxylic acids is 1. The summed E-state index contributed by atoms with van der Waals surface area (Å²) in [5, 5.41) is 3.66. The normalized spacial score (nSPS) is 17.4. The van der Waals surface area contributed by atoms with Gasteiger partial charge in [-0.1, -0.05) is 6.07 Å². The molecule has 1 aliphatic heterocycles. The Hall–Kier alpha value is -2.35. The molecule has 1 amide bonds. The topological polar surface area (TPSA) is 60.2 Å². The second-order valence-corrected chi connectivity index (χ2v) is 5.60. The maximum absolute atomic E-state index is 12.7. The summed E-state index contributed by atoms with van der Waals surface area (Å²) in [4.78, 5) is 18.5. The number of hydrogen-bond donors (Lipinski definition) is 0. The number of hydrogen-bond acceptors (Lipinski definition) is 4. The highest BCUT2D eigenvalue weighted by atomic mass is 19.3. The quantitative estimate of drug-likeness (QED) is 0.813. The monoisotopic (exact) mass is 336 g/mol. The first-order chi connectivity index (χ1) is 11.6. The van der Waals surface area contributed by atoms with Crippen LogP contribution in [0.1, 0.15) is 35.6 Å². The molecule has 2 aromatic rings. The highest BCUT2D eigenvalue weighted by Crippen LogP contribution is 2.17. The van der Waals surface area contributed by atoms with E-state index in [-0.39, 0.29) is 18.3 Å². The molecule has 2 aromatic heterocycles. The molecule has 0 bridgehead atoms. The molecule has 0 N–H and O–H groups in total. The molecule has 1 fully saturated rings. The lowest BCUT2D eigenvalue weighted by molar-refractivity contribution is 0.0474. The van der Waals surface area contributed by atoms with Crippen molar-refractivity contribution in [2.24, 2.45) is 0 Å². The number of nitrogens with zero attached hydrogens (tertiary/aromatic N) is 4. The van der Waals surface area contributed by atoms with Crippen molar-refractivity contribution in [1.29, 1.82) is 0 Å². The highest BCUT2D eigenvalue weighted by molar-refractivity contribution is 5.92. The van der Waals surface area contributed by atoms with Crippen molar-refractivity contribution >= 4 is 5.91 Å². The van der Waals surface area contributed by atoms with Crippen LogP contribution in [0, 0.1) is 0 Å². The molecule has 8 heteroatoms. The third-order valence-electron chi connectivity index (χ3n) is 3.84. The van der Waals surface area contributed by atoms with E-state index in [9.17, 15) is 13.6 Å². The molecule has 24 heavy (non-hydrogen) atoms. The minimum atomic E-state index is -2.77. The Kier molecular flexibility index (Phi) is 5.14. The molecule has 6 nitrogen and oxygen atoms in total. The molecular weight excluding hydrogens is 318 g/mol. The van der Waals surface area contributed by atoms with E-state index in [2.05, 4.69) is 10.1 Å². The van der Waals surface area contributed by atoms with Crippen LogP contribution in [0.2, 0.25) is 0 Å². The summed E-state index contributed by atoms with van der Waals surface area (Å²) in [7, 11) is 0. The molecular formula is C16H18F2N4O2. The van der Waals surface area contributed by atoms with Gasteiger partial charge < -0.3 is 9.64 Å². The Morgan fingerprint density at radius 1 is 1.42 bits per heavy atom. The second kappa shape index (κ2) is 7.48. The lowest BCUT2D eigenvalue weighted by Gasteiger charge is -2.24. The number of halogens is 2. The zero-order valence-electron chi connectivity index (χ0n) is 13.0. The molecule has 0 spiro atoms. The maximum Gasteiger partial charge on any atom is 0.333 e. The maximum atomic E-state index is 12.7. The van der Waals surface area contributed by atoms with Crippen LogP contribution in [0.3, 0.4) is 0 Å². The summed E-state index contributed by atoms with van der Waals surface area (Å²) in [5.41, 5.74) is 0.710. The summed E-state index contributed by atoms with van der Waals surface area (Å²) in [6.07, 6.45) is 4.53. The van der Waals surface area contributed by atoms with Gasteiger partial charge in [0.05, 0.1) is 18.3 Å². The third kappa shape index (κ3) is 3.94. The molecule has 0 aliphatic carbocycles. The zero-order valence-corrected chi connectivity index (χ0v) is 13.0. The van der Waals surface area contributed by atoms with E-state index in [4.69, 9.17) is 4.74 Å². The van der Waals surface area contributed by atoms with Crippen molar-refractivity contribution in [3.63, 3.8) is 0 Å². The molecule has 0 aromatic carbocycles. The zero-order chi connectivity index (χ0) is 16.9. The summed E-state index contributed by atoms with van der Waals surface area (Å²) in [6.45, 7) is -1.43. The van der Waals surface area contributed by atoms with Crippen LogP contribution in [0.15, 0.2) is 36.7 Å². The van der Waals surface area contributed by atoms with E-state index in [1.807, 2.05) is 12.1 Å². The van der Waals surface area contributed by atoms with E-state index in [1.54, 1.807) is 17.2 Å². The summed E-state index contributed by atoms with van der Waals surface area (Å²) >= 11 is 0. The molecule has 0 radical (unpaired) electrons. The number of rotatable bonds is 6.